The minimum absolute atomic E-state index is 0.0996. The lowest BCUT2D eigenvalue weighted by atomic mass is 10.1. The smallest absolute Gasteiger partial charge is 0.251 e. The Morgan fingerprint density at radius 1 is 1.11 bits per heavy atom. The quantitative estimate of drug-likeness (QED) is 0.798. The molecule has 0 N–H and O–H groups in total. The Morgan fingerprint density at radius 2 is 1.86 bits per heavy atom. The number of aromatic nitrogens is 2. The molecule has 1 aromatic carbocycles. The Labute approximate surface area is 166 Å². The minimum atomic E-state index is -0.334. The van der Waals surface area contributed by atoms with Gasteiger partial charge >= 0.3 is 0 Å². The molecule has 4 rings (SSSR count). The van der Waals surface area contributed by atoms with Crippen molar-refractivity contribution in [2.24, 2.45) is 0 Å². The minimum Gasteiger partial charge on any atom is -0.372 e. The molecule has 1 aliphatic heterocycles. The van der Waals surface area contributed by atoms with Crippen LogP contribution in [-0.2, 0) is 22.4 Å². The van der Waals surface area contributed by atoms with Crippen LogP contribution < -0.4 is 4.90 Å². The molecule has 1 atom stereocenters. The van der Waals surface area contributed by atoms with Crippen LogP contribution in [0, 0.1) is 0 Å². The van der Waals surface area contributed by atoms with Gasteiger partial charge in [0.15, 0.2) is 5.82 Å². The summed E-state index contributed by atoms with van der Waals surface area (Å²) >= 11 is 0. The highest BCUT2D eigenvalue weighted by Gasteiger charge is 2.29. The summed E-state index contributed by atoms with van der Waals surface area (Å²) in [4.78, 5) is 26.7. The van der Waals surface area contributed by atoms with Crippen molar-refractivity contribution in [3.05, 3.63) is 41.6 Å². The van der Waals surface area contributed by atoms with E-state index in [0.29, 0.717) is 19.5 Å². The van der Waals surface area contributed by atoms with Crippen LogP contribution in [0.5, 0.6) is 0 Å². The molecule has 2 heterocycles. The summed E-state index contributed by atoms with van der Waals surface area (Å²) in [7, 11) is 1.61. The fraction of sp³-hybridized carbons (Fsp3) is 0.500. The highest BCUT2D eigenvalue weighted by Crippen LogP contribution is 2.32. The van der Waals surface area contributed by atoms with Gasteiger partial charge in [-0.15, -0.1) is 0 Å². The summed E-state index contributed by atoms with van der Waals surface area (Å²) in [6.07, 6.45) is 3.57. The third-order valence-corrected chi connectivity index (χ3v) is 5.76. The van der Waals surface area contributed by atoms with Crippen molar-refractivity contribution in [1.82, 2.24) is 14.9 Å². The molecule has 0 saturated carbocycles. The van der Waals surface area contributed by atoms with Gasteiger partial charge in [0.05, 0.1) is 0 Å². The van der Waals surface area contributed by atoms with E-state index in [4.69, 9.17) is 14.7 Å². The third-order valence-electron chi connectivity index (χ3n) is 5.76. The first-order valence-electron chi connectivity index (χ1n) is 10.2. The molecule has 6 nitrogen and oxygen atoms in total. The predicted molar refractivity (Wildman–Crippen MR) is 109 cm³/mol. The number of aryl methyl sites for hydroxylation is 1. The number of carbonyl (C=O) groups is 1. The zero-order chi connectivity index (χ0) is 19.5. The van der Waals surface area contributed by atoms with E-state index in [2.05, 4.69) is 17.0 Å². The van der Waals surface area contributed by atoms with Crippen molar-refractivity contribution in [3.63, 3.8) is 0 Å². The molecule has 28 heavy (non-hydrogen) atoms. The number of methoxy groups -OCH3 is 1. The number of carbonyl (C=O) groups excluding carboxylic acids is 1. The van der Waals surface area contributed by atoms with Crippen LogP contribution in [0.2, 0.25) is 0 Å². The highest BCUT2D eigenvalue weighted by molar-refractivity contribution is 5.81. The molecular weight excluding hydrogens is 352 g/mol. The van der Waals surface area contributed by atoms with Crippen molar-refractivity contribution in [2.45, 2.75) is 38.7 Å². The SMILES string of the molecule is CC[C@H](OC)C(=O)N1CCN(c2nc(-c3ccccc3)nc3c2CCC3)CC1. The largest absolute Gasteiger partial charge is 0.372 e. The number of fused-ring (bicyclic) bond motifs is 1. The molecule has 1 fully saturated rings. The molecule has 2 aromatic rings. The first-order chi connectivity index (χ1) is 13.7. The van der Waals surface area contributed by atoms with Gasteiger partial charge in [-0.3, -0.25) is 4.79 Å². The monoisotopic (exact) mass is 380 g/mol. The molecule has 1 saturated heterocycles. The fourth-order valence-electron chi connectivity index (χ4n) is 4.17. The van der Waals surface area contributed by atoms with Gasteiger partial charge in [0, 0.05) is 50.1 Å². The average molecular weight is 380 g/mol. The van der Waals surface area contributed by atoms with Gasteiger partial charge in [0.1, 0.15) is 11.9 Å². The molecule has 148 valence electrons. The number of benzene rings is 1. The Hall–Kier alpha value is -2.47. The van der Waals surface area contributed by atoms with E-state index < -0.39 is 0 Å². The van der Waals surface area contributed by atoms with Gasteiger partial charge < -0.3 is 14.5 Å². The standard InChI is InChI=1S/C22H28N4O2/c1-3-19(28-2)22(27)26-14-12-25(13-15-26)21-17-10-7-11-18(17)23-20(24-21)16-8-5-4-6-9-16/h4-6,8-9,19H,3,7,10-15H2,1-2H3/t19-/m0/s1. The zero-order valence-corrected chi connectivity index (χ0v) is 16.7. The number of anilines is 1. The maximum atomic E-state index is 12.6. The Kier molecular flexibility index (Phi) is 5.57. The lowest BCUT2D eigenvalue weighted by Crippen LogP contribution is -2.52. The molecular formula is C22H28N4O2. The van der Waals surface area contributed by atoms with Crippen molar-refractivity contribution in [3.8, 4) is 11.4 Å². The van der Waals surface area contributed by atoms with Gasteiger partial charge in [0.2, 0.25) is 0 Å². The van der Waals surface area contributed by atoms with Crippen LogP contribution in [0.25, 0.3) is 11.4 Å². The Balaban J connectivity index is 1.55. The summed E-state index contributed by atoms with van der Waals surface area (Å²) < 4.78 is 5.33. The molecule has 0 spiro atoms. The molecule has 0 unspecified atom stereocenters. The number of rotatable bonds is 5. The van der Waals surface area contributed by atoms with Crippen LogP contribution >= 0.6 is 0 Å². The van der Waals surface area contributed by atoms with Crippen molar-refractivity contribution < 1.29 is 9.53 Å². The summed E-state index contributed by atoms with van der Waals surface area (Å²) in [5, 5.41) is 0. The molecule has 2 aliphatic rings. The molecule has 1 aliphatic carbocycles. The lowest BCUT2D eigenvalue weighted by Gasteiger charge is -2.37. The van der Waals surface area contributed by atoms with Crippen molar-refractivity contribution in [1.29, 1.82) is 0 Å². The number of hydrogen-bond donors (Lipinski definition) is 0. The van der Waals surface area contributed by atoms with E-state index in [-0.39, 0.29) is 12.0 Å². The van der Waals surface area contributed by atoms with Gasteiger partial charge in [-0.05, 0) is 25.7 Å². The Morgan fingerprint density at radius 3 is 2.54 bits per heavy atom. The topological polar surface area (TPSA) is 58.6 Å². The van der Waals surface area contributed by atoms with E-state index in [1.165, 1.54) is 11.3 Å². The van der Waals surface area contributed by atoms with E-state index >= 15 is 0 Å². The van der Waals surface area contributed by atoms with E-state index in [1.54, 1.807) is 7.11 Å². The maximum absolute atomic E-state index is 12.6. The summed E-state index contributed by atoms with van der Waals surface area (Å²) in [5.74, 6) is 1.97. The summed E-state index contributed by atoms with van der Waals surface area (Å²) in [6.45, 7) is 4.99. The first-order valence-corrected chi connectivity index (χ1v) is 10.2. The van der Waals surface area contributed by atoms with Crippen LogP contribution in [0.3, 0.4) is 0 Å². The second kappa shape index (κ2) is 8.27. The average Bonchev–Trinajstić information content (AvgIpc) is 3.23. The maximum Gasteiger partial charge on any atom is 0.251 e. The van der Waals surface area contributed by atoms with Gasteiger partial charge in [-0.2, -0.15) is 0 Å². The van der Waals surface area contributed by atoms with Crippen LogP contribution in [-0.4, -0.2) is 60.2 Å². The summed E-state index contributed by atoms with van der Waals surface area (Å²) in [6, 6.07) is 10.2. The second-order valence-corrected chi connectivity index (χ2v) is 7.46. The normalized spacial score (nSPS) is 17.5. The van der Waals surface area contributed by atoms with Crippen molar-refractivity contribution in [2.75, 3.05) is 38.2 Å². The molecule has 1 aromatic heterocycles. The molecule has 1 amide bonds. The molecule has 0 bridgehead atoms. The van der Waals surface area contributed by atoms with Gasteiger partial charge in [0.25, 0.3) is 5.91 Å². The fourth-order valence-corrected chi connectivity index (χ4v) is 4.17. The van der Waals surface area contributed by atoms with Crippen LogP contribution in [0.4, 0.5) is 5.82 Å². The predicted octanol–water partition coefficient (Wildman–Crippen LogP) is 2.71. The van der Waals surface area contributed by atoms with Crippen LogP contribution in [0.15, 0.2) is 30.3 Å². The first kappa shape index (κ1) is 18.9. The third kappa shape index (κ3) is 3.61. The number of ether oxygens (including phenoxy) is 1. The number of piperazine rings is 1. The van der Waals surface area contributed by atoms with Gasteiger partial charge in [-0.25, -0.2) is 9.97 Å². The summed E-state index contributed by atoms with van der Waals surface area (Å²) in [5.41, 5.74) is 3.54. The second-order valence-electron chi connectivity index (χ2n) is 7.46. The molecule has 0 radical (unpaired) electrons. The highest BCUT2D eigenvalue weighted by atomic mass is 16.5. The number of nitrogens with zero attached hydrogens (tertiary/aromatic N) is 4. The Bertz CT molecular complexity index is 828. The van der Waals surface area contributed by atoms with Gasteiger partial charge in [-0.1, -0.05) is 37.3 Å². The van der Waals surface area contributed by atoms with Crippen molar-refractivity contribution >= 4 is 11.7 Å². The van der Waals surface area contributed by atoms with E-state index in [9.17, 15) is 4.79 Å². The zero-order valence-electron chi connectivity index (χ0n) is 16.7. The van der Waals surface area contributed by atoms with E-state index in [1.807, 2.05) is 30.0 Å². The number of amides is 1. The van der Waals surface area contributed by atoms with Crippen LogP contribution in [0.1, 0.15) is 31.0 Å². The number of hydrogen-bond acceptors (Lipinski definition) is 5. The lowest BCUT2D eigenvalue weighted by molar-refractivity contribution is -0.142. The van der Waals surface area contributed by atoms with E-state index in [0.717, 1.165) is 49.6 Å². The molecule has 6 heteroatoms.